The van der Waals surface area contributed by atoms with Gasteiger partial charge in [0.15, 0.2) is 0 Å². The molecule has 1 aliphatic rings. The smallest absolute Gasteiger partial charge is 0.417 e. The Kier molecular flexibility index (Phi) is 6.58. The van der Waals surface area contributed by atoms with Crippen LogP contribution in [0.1, 0.15) is 34.5 Å². The molecule has 1 unspecified atom stereocenters. The van der Waals surface area contributed by atoms with Gasteiger partial charge < -0.3 is 20.1 Å². The summed E-state index contributed by atoms with van der Waals surface area (Å²) >= 11 is 0. The number of anilines is 1. The van der Waals surface area contributed by atoms with Gasteiger partial charge in [0, 0.05) is 24.8 Å². The fourth-order valence-corrected chi connectivity index (χ4v) is 4.35. The quantitative estimate of drug-likeness (QED) is 0.537. The molecule has 0 spiro atoms. The van der Waals surface area contributed by atoms with Crippen molar-refractivity contribution >= 4 is 22.4 Å². The molecular weight excluding hydrogens is 433 g/mol. The molecule has 0 saturated carbocycles. The number of carboxylic acids is 1. The molecule has 0 bridgehead atoms. The Morgan fingerprint density at radius 2 is 1.94 bits per heavy atom. The molecule has 33 heavy (non-hydrogen) atoms. The maximum Gasteiger partial charge on any atom is 0.417 e. The van der Waals surface area contributed by atoms with Crippen LogP contribution in [0.5, 0.6) is 0 Å². The molecule has 4 rings (SSSR count). The molecule has 174 valence electrons. The largest absolute Gasteiger partial charge is 0.478 e. The summed E-state index contributed by atoms with van der Waals surface area (Å²) in [5.74, 6) is -1.60. The second kappa shape index (κ2) is 9.41. The van der Waals surface area contributed by atoms with Crippen LogP contribution in [0.4, 0.5) is 18.9 Å². The number of hydrogen-bond acceptors (Lipinski definition) is 4. The lowest BCUT2D eigenvalue weighted by Gasteiger charge is -2.38. The highest BCUT2D eigenvalue weighted by Crippen LogP contribution is 2.35. The van der Waals surface area contributed by atoms with Gasteiger partial charge in [-0.3, -0.25) is 0 Å². The Bertz CT molecular complexity index is 1140. The lowest BCUT2D eigenvalue weighted by molar-refractivity contribution is -0.138. The van der Waals surface area contributed by atoms with Crippen LogP contribution in [-0.4, -0.2) is 43.4 Å². The number of aromatic carboxylic acids is 1. The van der Waals surface area contributed by atoms with E-state index < -0.39 is 23.3 Å². The van der Waals surface area contributed by atoms with Crippen LogP contribution < -0.4 is 10.2 Å². The van der Waals surface area contributed by atoms with Crippen molar-refractivity contribution in [2.24, 2.45) is 0 Å². The maximum absolute atomic E-state index is 13.5. The molecule has 0 aromatic heterocycles. The molecule has 8 heteroatoms. The second-order valence-corrected chi connectivity index (χ2v) is 8.15. The van der Waals surface area contributed by atoms with Gasteiger partial charge in [-0.1, -0.05) is 42.5 Å². The number of morpholine rings is 1. The number of nitrogens with one attached hydrogen (secondary N) is 1. The molecule has 3 aromatic carbocycles. The van der Waals surface area contributed by atoms with Gasteiger partial charge in [0.1, 0.15) is 0 Å². The Morgan fingerprint density at radius 1 is 1.18 bits per heavy atom. The number of carbonyl (C=O) groups is 1. The van der Waals surface area contributed by atoms with Crippen molar-refractivity contribution in [1.29, 1.82) is 0 Å². The van der Waals surface area contributed by atoms with E-state index in [2.05, 4.69) is 36.5 Å². The van der Waals surface area contributed by atoms with Crippen LogP contribution in [0.15, 0.2) is 60.7 Å². The van der Waals surface area contributed by atoms with Gasteiger partial charge in [-0.25, -0.2) is 4.79 Å². The normalized spacial score (nSPS) is 17.8. The zero-order valence-electron chi connectivity index (χ0n) is 18.1. The minimum absolute atomic E-state index is 0.0139. The molecule has 3 aromatic rings. The number of halogens is 3. The van der Waals surface area contributed by atoms with Crippen molar-refractivity contribution in [3.05, 3.63) is 77.4 Å². The number of rotatable bonds is 6. The monoisotopic (exact) mass is 458 g/mol. The molecule has 1 saturated heterocycles. The van der Waals surface area contributed by atoms with E-state index >= 15 is 0 Å². The maximum atomic E-state index is 13.5. The Hall–Kier alpha value is -3.10. The second-order valence-electron chi connectivity index (χ2n) is 8.15. The van der Waals surface area contributed by atoms with Gasteiger partial charge in [-0.15, -0.1) is 0 Å². The van der Waals surface area contributed by atoms with Crippen molar-refractivity contribution in [1.82, 2.24) is 5.32 Å². The van der Waals surface area contributed by atoms with Gasteiger partial charge in [0.2, 0.25) is 0 Å². The lowest BCUT2D eigenvalue weighted by atomic mass is 9.99. The topological polar surface area (TPSA) is 61.8 Å². The average molecular weight is 458 g/mol. The molecule has 2 atom stereocenters. The van der Waals surface area contributed by atoms with E-state index in [4.69, 9.17) is 9.84 Å². The summed E-state index contributed by atoms with van der Waals surface area (Å²) in [5.41, 5.74) is -0.421. The number of hydrogen-bond donors (Lipinski definition) is 2. The van der Waals surface area contributed by atoms with E-state index in [1.807, 2.05) is 23.1 Å². The first-order valence-electron chi connectivity index (χ1n) is 10.8. The highest BCUT2D eigenvalue weighted by atomic mass is 19.4. The van der Waals surface area contributed by atoms with Gasteiger partial charge >= 0.3 is 12.1 Å². The molecule has 0 aliphatic carbocycles. The highest BCUT2D eigenvalue weighted by molar-refractivity contribution is 5.90. The molecule has 1 heterocycles. The van der Waals surface area contributed by atoms with E-state index in [0.717, 1.165) is 28.5 Å². The first-order chi connectivity index (χ1) is 15.8. The number of benzene rings is 3. The summed E-state index contributed by atoms with van der Waals surface area (Å²) in [5, 5.41) is 15.0. The van der Waals surface area contributed by atoms with Gasteiger partial charge in [-0.2, -0.15) is 13.2 Å². The minimum Gasteiger partial charge on any atom is -0.478 e. The predicted molar refractivity (Wildman–Crippen MR) is 121 cm³/mol. The molecular formula is C25H25F3N2O3. The van der Waals surface area contributed by atoms with E-state index in [0.29, 0.717) is 32.0 Å². The summed E-state index contributed by atoms with van der Waals surface area (Å²) in [4.78, 5) is 13.1. The average Bonchev–Trinajstić information content (AvgIpc) is 2.81. The Morgan fingerprint density at radius 3 is 2.70 bits per heavy atom. The van der Waals surface area contributed by atoms with Crippen LogP contribution in [0.2, 0.25) is 0 Å². The Labute approximate surface area is 189 Å². The third kappa shape index (κ3) is 4.96. The standard InChI is InChI=1S/C25H25F3N2O3/c1-16(20-8-4-6-17-5-2-3-7-21(17)20)29-14-19-15-33-12-11-30(19)18-9-10-22(24(31)32)23(13-18)25(26,27)28/h2-10,13,16,19,29H,11-12,14-15H2,1H3,(H,31,32)/t16-,19?/m1/s1. The van der Waals surface area contributed by atoms with E-state index in [1.54, 1.807) is 0 Å². The summed E-state index contributed by atoms with van der Waals surface area (Å²) in [7, 11) is 0. The molecule has 0 radical (unpaired) electrons. The highest BCUT2D eigenvalue weighted by Gasteiger charge is 2.36. The van der Waals surface area contributed by atoms with Crippen LogP contribution in [-0.2, 0) is 10.9 Å². The molecule has 1 fully saturated rings. The van der Waals surface area contributed by atoms with Gasteiger partial charge in [-0.05, 0) is 41.5 Å². The van der Waals surface area contributed by atoms with Crippen molar-refractivity contribution in [2.75, 3.05) is 31.2 Å². The molecule has 0 amide bonds. The minimum atomic E-state index is -4.76. The summed E-state index contributed by atoms with van der Waals surface area (Å²) < 4.78 is 46.1. The molecule has 5 nitrogen and oxygen atoms in total. The third-order valence-electron chi connectivity index (χ3n) is 6.05. The van der Waals surface area contributed by atoms with Crippen molar-refractivity contribution in [3.63, 3.8) is 0 Å². The summed E-state index contributed by atoms with van der Waals surface area (Å²) in [6.45, 7) is 3.71. The van der Waals surface area contributed by atoms with Crippen molar-refractivity contribution in [3.8, 4) is 0 Å². The number of alkyl halides is 3. The first kappa shape index (κ1) is 23.1. The zero-order chi connectivity index (χ0) is 23.6. The number of ether oxygens (including phenoxy) is 1. The summed E-state index contributed by atoms with van der Waals surface area (Å²) in [6.07, 6.45) is -4.76. The summed E-state index contributed by atoms with van der Waals surface area (Å²) in [6, 6.07) is 17.4. The van der Waals surface area contributed by atoms with Crippen LogP contribution in [0.3, 0.4) is 0 Å². The third-order valence-corrected chi connectivity index (χ3v) is 6.05. The van der Waals surface area contributed by atoms with Crippen LogP contribution in [0, 0.1) is 0 Å². The van der Waals surface area contributed by atoms with E-state index in [-0.39, 0.29) is 12.1 Å². The van der Waals surface area contributed by atoms with Gasteiger partial charge in [0.25, 0.3) is 0 Å². The first-order valence-corrected chi connectivity index (χ1v) is 10.8. The number of fused-ring (bicyclic) bond motifs is 1. The van der Waals surface area contributed by atoms with E-state index in [9.17, 15) is 18.0 Å². The van der Waals surface area contributed by atoms with Crippen LogP contribution >= 0.6 is 0 Å². The number of carboxylic acid groups (broad SMARTS) is 1. The number of nitrogens with zero attached hydrogens (tertiary/aromatic N) is 1. The van der Waals surface area contributed by atoms with Crippen molar-refractivity contribution < 1.29 is 27.8 Å². The fourth-order valence-electron chi connectivity index (χ4n) is 4.35. The molecule has 1 aliphatic heterocycles. The van der Waals surface area contributed by atoms with Crippen LogP contribution in [0.25, 0.3) is 10.8 Å². The zero-order valence-corrected chi connectivity index (χ0v) is 18.1. The lowest BCUT2D eigenvalue weighted by Crippen LogP contribution is -2.51. The van der Waals surface area contributed by atoms with Crippen molar-refractivity contribution in [2.45, 2.75) is 25.2 Å². The molecule has 2 N–H and O–H groups in total. The predicted octanol–water partition coefficient (Wildman–Crippen LogP) is 5.11. The Balaban J connectivity index is 1.55. The SMILES string of the molecule is C[C@@H](NCC1COCCN1c1ccc(C(=O)O)c(C(F)(F)F)c1)c1cccc2ccccc12. The fraction of sp³-hybridized carbons (Fsp3) is 0.320. The van der Waals surface area contributed by atoms with Gasteiger partial charge in [0.05, 0.1) is 30.4 Å². The van der Waals surface area contributed by atoms with E-state index in [1.165, 1.54) is 6.07 Å².